The SMILES string of the molecule is CCNC.CCOC(=O)CC1CCc2cc(NC(=O)c3ccc(C=N)cc3)ccc2O1. The van der Waals surface area contributed by atoms with Crippen LogP contribution in [0.2, 0.25) is 0 Å². The molecule has 0 radical (unpaired) electrons. The zero-order valence-corrected chi connectivity index (χ0v) is 18.4. The van der Waals surface area contributed by atoms with Crippen molar-refractivity contribution in [3.8, 4) is 5.75 Å². The summed E-state index contributed by atoms with van der Waals surface area (Å²) in [6.45, 7) is 5.29. The van der Waals surface area contributed by atoms with Crippen LogP contribution in [0.15, 0.2) is 42.5 Å². The number of anilines is 1. The minimum absolute atomic E-state index is 0.177. The van der Waals surface area contributed by atoms with Crippen molar-refractivity contribution in [2.75, 3.05) is 25.5 Å². The largest absolute Gasteiger partial charge is 0.490 e. The lowest BCUT2D eigenvalue weighted by atomic mass is 10.00. The molecule has 2 aromatic carbocycles. The molecular weight excluding hydrogens is 394 g/mol. The molecule has 166 valence electrons. The summed E-state index contributed by atoms with van der Waals surface area (Å²) in [6.07, 6.45) is 2.81. The van der Waals surface area contributed by atoms with Crippen LogP contribution in [0.1, 0.15) is 48.2 Å². The van der Waals surface area contributed by atoms with Crippen molar-refractivity contribution in [2.24, 2.45) is 0 Å². The second-order valence-corrected chi connectivity index (χ2v) is 7.04. The minimum atomic E-state index is -0.246. The van der Waals surface area contributed by atoms with E-state index in [1.54, 1.807) is 37.3 Å². The Hall–Kier alpha value is -3.19. The maximum Gasteiger partial charge on any atom is 0.309 e. The number of fused-ring (bicyclic) bond motifs is 1. The lowest BCUT2D eigenvalue weighted by Crippen LogP contribution is -2.26. The summed E-state index contributed by atoms with van der Waals surface area (Å²) >= 11 is 0. The van der Waals surface area contributed by atoms with Crippen molar-refractivity contribution in [3.05, 3.63) is 59.2 Å². The molecule has 7 heteroatoms. The van der Waals surface area contributed by atoms with Crippen molar-refractivity contribution in [1.29, 1.82) is 5.41 Å². The molecule has 0 aliphatic carbocycles. The molecule has 31 heavy (non-hydrogen) atoms. The van der Waals surface area contributed by atoms with Crippen molar-refractivity contribution in [2.45, 2.75) is 39.2 Å². The number of esters is 1. The van der Waals surface area contributed by atoms with Gasteiger partial charge < -0.3 is 25.5 Å². The molecule has 0 spiro atoms. The maximum absolute atomic E-state index is 12.4. The Bertz CT molecular complexity index is 879. The first-order chi connectivity index (χ1) is 15.0. The van der Waals surface area contributed by atoms with Crippen LogP contribution in [0.4, 0.5) is 5.69 Å². The lowest BCUT2D eigenvalue weighted by Gasteiger charge is -2.26. The highest BCUT2D eigenvalue weighted by atomic mass is 16.5. The van der Waals surface area contributed by atoms with E-state index in [-0.39, 0.29) is 24.4 Å². The van der Waals surface area contributed by atoms with Crippen LogP contribution in [0.5, 0.6) is 5.75 Å². The Morgan fingerprint density at radius 2 is 1.90 bits per heavy atom. The Morgan fingerprint density at radius 3 is 2.52 bits per heavy atom. The molecule has 2 aromatic rings. The predicted octanol–water partition coefficient (Wildman–Crippen LogP) is 3.81. The minimum Gasteiger partial charge on any atom is -0.490 e. The van der Waals surface area contributed by atoms with Gasteiger partial charge >= 0.3 is 5.97 Å². The smallest absolute Gasteiger partial charge is 0.309 e. The van der Waals surface area contributed by atoms with Gasteiger partial charge in [0.05, 0.1) is 13.0 Å². The van der Waals surface area contributed by atoms with Gasteiger partial charge in [-0.25, -0.2) is 0 Å². The molecular formula is C24H31N3O4. The van der Waals surface area contributed by atoms with Crippen molar-refractivity contribution in [1.82, 2.24) is 5.32 Å². The summed E-state index contributed by atoms with van der Waals surface area (Å²) in [6, 6.07) is 12.3. The fourth-order valence-electron chi connectivity index (χ4n) is 3.01. The highest BCUT2D eigenvalue weighted by Crippen LogP contribution is 2.31. The average Bonchev–Trinajstić information content (AvgIpc) is 2.79. The van der Waals surface area contributed by atoms with E-state index in [0.29, 0.717) is 17.9 Å². The van der Waals surface area contributed by atoms with E-state index in [2.05, 4.69) is 17.6 Å². The standard InChI is InChI=1S/C21H22N2O4.C3H9N/c1-2-26-20(24)12-18-9-7-16-11-17(8-10-19(16)27-18)23-21(25)15-5-3-14(13-22)4-6-15;1-3-4-2/h3-6,8,10-11,13,18,22H,2,7,9,12H2,1H3,(H,23,25);4H,3H2,1-2H3. The number of rotatable bonds is 7. The van der Waals surface area contributed by atoms with Crippen LogP contribution in [0, 0.1) is 5.41 Å². The van der Waals surface area contributed by atoms with E-state index in [9.17, 15) is 9.59 Å². The maximum atomic E-state index is 12.4. The van der Waals surface area contributed by atoms with Crippen LogP contribution in [-0.2, 0) is 16.0 Å². The van der Waals surface area contributed by atoms with E-state index >= 15 is 0 Å². The molecule has 0 bridgehead atoms. The van der Waals surface area contributed by atoms with E-state index < -0.39 is 0 Å². The summed E-state index contributed by atoms with van der Waals surface area (Å²) in [5.74, 6) is 0.288. The van der Waals surface area contributed by atoms with E-state index in [0.717, 1.165) is 36.3 Å². The van der Waals surface area contributed by atoms with Crippen molar-refractivity contribution in [3.63, 3.8) is 0 Å². The first-order valence-electron chi connectivity index (χ1n) is 10.5. The molecule has 1 amide bonds. The van der Waals surface area contributed by atoms with Crippen molar-refractivity contribution < 1.29 is 19.1 Å². The average molecular weight is 426 g/mol. The highest BCUT2D eigenvalue weighted by molar-refractivity contribution is 6.04. The number of hydrogen-bond donors (Lipinski definition) is 3. The number of carbonyl (C=O) groups excluding carboxylic acids is 2. The van der Waals surface area contributed by atoms with E-state index in [1.165, 1.54) is 6.21 Å². The van der Waals surface area contributed by atoms with Crippen molar-refractivity contribution >= 4 is 23.8 Å². The molecule has 0 saturated carbocycles. The van der Waals surface area contributed by atoms with Gasteiger partial charge in [-0.3, -0.25) is 9.59 Å². The second-order valence-electron chi connectivity index (χ2n) is 7.04. The van der Waals surface area contributed by atoms with Crippen LogP contribution >= 0.6 is 0 Å². The Labute approximate surface area is 183 Å². The molecule has 0 fully saturated rings. The number of carbonyl (C=O) groups is 2. The molecule has 7 nitrogen and oxygen atoms in total. The van der Waals surface area contributed by atoms with Crippen LogP contribution in [0.25, 0.3) is 0 Å². The third kappa shape index (κ3) is 7.53. The highest BCUT2D eigenvalue weighted by Gasteiger charge is 2.23. The zero-order valence-electron chi connectivity index (χ0n) is 18.4. The number of hydrogen-bond acceptors (Lipinski definition) is 6. The Kier molecular flexibility index (Phi) is 9.71. The Balaban J connectivity index is 0.000000785. The quantitative estimate of drug-likeness (QED) is 0.463. The predicted molar refractivity (Wildman–Crippen MR) is 122 cm³/mol. The number of nitrogens with one attached hydrogen (secondary N) is 3. The van der Waals surface area contributed by atoms with Gasteiger partial charge in [0, 0.05) is 17.5 Å². The molecule has 3 N–H and O–H groups in total. The van der Waals surface area contributed by atoms with Gasteiger partial charge in [-0.2, -0.15) is 0 Å². The lowest BCUT2D eigenvalue weighted by molar-refractivity contribution is -0.145. The number of benzene rings is 2. The van der Waals surface area contributed by atoms with Crippen LogP contribution in [-0.4, -0.2) is 44.4 Å². The van der Waals surface area contributed by atoms with Gasteiger partial charge in [-0.15, -0.1) is 0 Å². The summed E-state index contributed by atoms with van der Waals surface area (Å²) in [5, 5.41) is 13.0. The van der Waals surface area contributed by atoms with Gasteiger partial charge in [0.2, 0.25) is 0 Å². The van der Waals surface area contributed by atoms with Gasteiger partial charge in [-0.1, -0.05) is 19.1 Å². The summed E-state index contributed by atoms with van der Waals surface area (Å²) in [5.41, 5.74) is 2.98. The molecule has 1 aliphatic rings. The molecule has 0 aromatic heterocycles. The number of amides is 1. The molecule has 3 rings (SSSR count). The van der Waals surface area contributed by atoms with Gasteiger partial charge in [0.1, 0.15) is 11.9 Å². The number of ether oxygens (including phenoxy) is 2. The summed E-state index contributed by atoms with van der Waals surface area (Å²) in [7, 11) is 1.93. The third-order valence-electron chi connectivity index (χ3n) is 4.74. The van der Waals surface area contributed by atoms with Gasteiger partial charge in [0.15, 0.2) is 0 Å². The zero-order chi connectivity index (χ0) is 22.6. The summed E-state index contributed by atoms with van der Waals surface area (Å²) in [4.78, 5) is 24.0. The molecule has 0 saturated heterocycles. The first-order valence-corrected chi connectivity index (χ1v) is 10.5. The van der Waals surface area contributed by atoms with Gasteiger partial charge in [-0.05, 0) is 74.8 Å². The van der Waals surface area contributed by atoms with Gasteiger partial charge in [0.25, 0.3) is 5.91 Å². The van der Waals surface area contributed by atoms with Crippen LogP contribution < -0.4 is 15.4 Å². The second kappa shape index (κ2) is 12.5. The Morgan fingerprint density at radius 1 is 1.19 bits per heavy atom. The first kappa shape index (κ1) is 24.1. The fraction of sp³-hybridized carbons (Fsp3) is 0.375. The van der Waals surface area contributed by atoms with E-state index in [1.807, 2.05) is 19.2 Å². The van der Waals surface area contributed by atoms with E-state index in [4.69, 9.17) is 14.9 Å². The molecule has 1 unspecified atom stereocenters. The monoisotopic (exact) mass is 425 g/mol. The molecule has 1 atom stereocenters. The van der Waals surface area contributed by atoms with Crippen LogP contribution in [0.3, 0.4) is 0 Å². The molecule has 1 aliphatic heterocycles. The summed E-state index contributed by atoms with van der Waals surface area (Å²) < 4.78 is 10.9. The molecule has 1 heterocycles. The topological polar surface area (TPSA) is 101 Å². The number of aryl methyl sites for hydroxylation is 1. The third-order valence-corrected chi connectivity index (χ3v) is 4.74. The normalized spacial score (nSPS) is 14.2. The fourth-order valence-corrected chi connectivity index (χ4v) is 3.01.